The van der Waals surface area contributed by atoms with Crippen molar-refractivity contribution in [3.63, 3.8) is 0 Å². The predicted octanol–water partition coefficient (Wildman–Crippen LogP) is 3.43. The molecule has 112 valence electrons. The number of halogens is 1. The molecule has 21 heavy (non-hydrogen) atoms. The largest absolute Gasteiger partial charge is 0.497 e. The zero-order chi connectivity index (χ0) is 15.2. The Labute approximate surface area is 132 Å². The van der Waals surface area contributed by atoms with Crippen LogP contribution in [0, 0.1) is 0 Å². The number of anilines is 3. The molecule has 1 aromatic heterocycles. The maximum absolute atomic E-state index is 5.40. The Hall–Kier alpha value is -2.02. The SMILES string of the molecule is CCNc1ncnc(Nc2cc(Br)cc(OC)c2)c1OC. The Morgan fingerprint density at radius 3 is 2.52 bits per heavy atom. The Bertz CT molecular complexity index is 622. The molecule has 1 aromatic carbocycles. The fraction of sp³-hybridized carbons (Fsp3) is 0.286. The predicted molar refractivity (Wildman–Crippen MR) is 86.7 cm³/mol. The third kappa shape index (κ3) is 3.75. The fourth-order valence-electron chi connectivity index (χ4n) is 1.84. The third-order valence-corrected chi connectivity index (χ3v) is 3.18. The van der Waals surface area contributed by atoms with Crippen LogP contribution >= 0.6 is 15.9 Å². The highest BCUT2D eigenvalue weighted by molar-refractivity contribution is 9.10. The van der Waals surface area contributed by atoms with Gasteiger partial charge in [0.2, 0.25) is 5.75 Å². The van der Waals surface area contributed by atoms with E-state index >= 15 is 0 Å². The van der Waals surface area contributed by atoms with Gasteiger partial charge in [-0.05, 0) is 19.1 Å². The molecule has 1 heterocycles. The van der Waals surface area contributed by atoms with Gasteiger partial charge in [-0.2, -0.15) is 0 Å². The number of methoxy groups -OCH3 is 2. The molecule has 0 bridgehead atoms. The van der Waals surface area contributed by atoms with Crippen LogP contribution < -0.4 is 20.1 Å². The Kier molecular flexibility index (Phi) is 5.21. The molecule has 0 saturated carbocycles. The number of hydrogen-bond donors (Lipinski definition) is 2. The summed E-state index contributed by atoms with van der Waals surface area (Å²) in [5, 5.41) is 6.35. The number of hydrogen-bond acceptors (Lipinski definition) is 6. The molecule has 0 aliphatic carbocycles. The molecule has 6 nitrogen and oxygen atoms in total. The van der Waals surface area contributed by atoms with Gasteiger partial charge in [-0.3, -0.25) is 0 Å². The van der Waals surface area contributed by atoms with Crippen LogP contribution in [-0.2, 0) is 0 Å². The molecule has 0 amide bonds. The van der Waals surface area contributed by atoms with E-state index in [4.69, 9.17) is 9.47 Å². The van der Waals surface area contributed by atoms with Crippen LogP contribution in [0.3, 0.4) is 0 Å². The standard InChI is InChI=1S/C14H17BrN4O2/c1-4-16-13-12(21-3)14(18-8-17-13)19-10-5-9(15)6-11(7-10)20-2/h5-8H,4H2,1-3H3,(H2,16,17,18,19). The summed E-state index contributed by atoms with van der Waals surface area (Å²) in [6.07, 6.45) is 1.48. The number of ether oxygens (including phenoxy) is 2. The van der Waals surface area contributed by atoms with E-state index in [0.29, 0.717) is 17.4 Å². The van der Waals surface area contributed by atoms with E-state index < -0.39 is 0 Å². The van der Waals surface area contributed by atoms with Gasteiger partial charge >= 0.3 is 0 Å². The summed E-state index contributed by atoms with van der Waals surface area (Å²) in [6.45, 7) is 2.74. The van der Waals surface area contributed by atoms with Crippen molar-refractivity contribution in [2.45, 2.75) is 6.92 Å². The van der Waals surface area contributed by atoms with Crippen molar-refractivity contribution in [3.05, 3.63) is 29.0 Å². The van der Waals surface area contributed by atoms with E-state index in [1.54, 1.807) is 14.2 Å². The van der Waals surface area contributed by atoms with E-state index in [1.165, 1.54) is 6.33 Å². The lowest BCUT2D eigenvalue weighted by molar-refractivity contribution is 0.414. The topological polar surface area (TPSA) is 68.3 Å². The summed E-state index contributed by atoms with van der Waals surface area (Å²) in [5.74, 6) is 2.55. The Morgan fingerprint density at radius 1 is 1.10 bits per heavy atom. The van der Waals surface area contributed by atoms with Gasteiger partial charge in [0.1, 0.15) is 12.1 Å². The quantitative estimate of drug-likeness (QED) is 0.829. The lowest BCUT2D eigenvalue weighted by Gasteiger charge is -2.14. The van der Waals surface area contributed by atoms with Crippen LogP contribution in [0.2, 0.25) is 0 Å². The van der Waals surface area contributed by atoms with E-state index in [-0.39, 0.29) is 0 Å². The molecule has 7 heteroatoms. The molecule has 0 fully saturated rings. The smallest absolute Gasteiger partial charge is 0.204 e. The normalized spacial score (nSPS) is 10.1. The molecule has 2 aromatic rings. The zero-order valence-electron chi connectivity index (χ0n) is 12.1. The number of nitrogens with one attached hydrogen (secondary N) is 2. The van der Waals surface area contributed by atoms with Crippen molar-refractivity contribution in [1.82, 2.24) is 9.97 Å². The van der Waals surface area contributed by atoms with Gasteiger partial charge in [0.15, 0.2) is 11.6 Å². The second-order valence-corrected chi connectivity index (χ2v) is 5.05. The maximum atomic E-state index is 5.40. The van der Waals surface area contributed by atoms with Crippen molar-refractivity contribution < 1.29 is 9.47 Å². The minimum Gasteiger partial charge on any atom is -0.497 e. The minimum atomic E-state index is 0.568. The first-order chi connectivity index (χ1) is 10.2. The summed E-state index contributed by atoms with van der Waals surface area (Å²) < 4.78 is 11.5. The Morgan fingerprint density at radius 2 is 1.86 bits per heavy atom. The average Bonchev–Trinajstić information content (AvgIpc) is 2.47. The van der Waals surface area contributed by atoms with Crippen LogP contribution in [-0.4, -0.2) is 30.7 Å². The van der Waals surface area contributed by atoms with Gasteiger partial charge < -0.3 is 20.1 Å². The van der Waals surface area contributed by atoms with Gasteiger partial charge in [-0.15, -0.1) is 0 Å². The van der Waals surface area contributed by atoms with Crippen molar-refractivity contribution in [2.75, 3.05) is 31.4 Å². The van der Waals surface area contributed by atoms with E-state index in [2.05, 4.69) is 36.5 Å². The number of nitrogens with zero attached hydrogens (tertiary/aromatic N) is 2. The van der Waals surface area contributed by atoms with Gasteiger partial charge in [0.25, 0.3) is 0 Å². The van der Waals surface area contributed by atoms with Crippen LogP contribution in [0.15, 0.2) is 29.0 Å². The lowest BCUT2D eigenvalue weighted by atomic mass is 10.3. The number of aromatic nitrogens is 2. The molecule has 0 aliphatic heterocycles. The van der Waals surface area contributed by atoms with Crippen molar-refractivity contribution in [2.24, 2.45) is 0 Å². The highest BCUT2D eigenvalue weighted by atomic mass is 79.9. The summed E-state index contributed by atoms with van der Waals surface area (Å²) in [6, 6.07) is 5.68. The highest BCUT2D eigenvalue weighted by Gasteiger charge is 2.12. The molecule has 2 N–H and O–H groups in total. The van der Waals surface area contributed by atoms with E-state index in [9.17, 15) is 0 Å². The molecule has 0 unspecified atom stereocenters. The van der Waals surface area contributed by atoms with Crippen LogP contribution in [0.5, 0.6) is 11.5 Å². The van der Waals surface area contributed by atoms with Crippen molar-refractivity contribution in [3.8, 4) is 11.5 Å². The number of rotatable bonds is 6. The second-order valence-electron chi connectivity index (χ2n) is 4.14. The molecule has 0 aliphatic rings. The summed E-state index contributed by atoms with van der Waals surface area (Å²) in [7, 11) is 3.21. The lowest BCUT2D eigenvalue weighted by Crippen LogP contribution is -2.06. The minimum absolute atomic E-state index is 0.568. The van der Waals surface area contributed by atoms with Gasteiger partial charge in [-0.1, -0.05) is 15.9 Å². The van der Waals surface area contributed by atoms with Gasteiger partial charge in [0, 0.05) is 22.8 Å². The molecule has 0 saturated heterocycles. The first-order valence-electron chi connectivity index (χ1n) is 6.42. The van der Waals surface area contributed by atoms with Crippen LogP contribution in [0.25, 0.3) is 0 Å². The monoisotopic (exact) mass is 352 g/mol. The number of benzene rings is 1. The molecule has 0 atom stereocenters. The Balaban J connectivity index is 2.35. The van der Waals surface area contributed by atoms with Crippen molar-refractivity contribution in [1.29, 1.82) is 0 Å². The molecular weight excluding hydrogens is 336 g/mol. The molecule has 0 spiro atoms. The fourth-order valence-corrected chi connectivity index (χ4v) is 2.31. The van der Waals surface area contributed by atoms with Gasteiger partial charge in [0.05, 0.1) is 14.2 Å². The van der Waals surface area contributed by atoms with Crippen LogP contribution in [0.4, 0.5) is 17.3 Å². The average molecular weight is 353 g/mol. The first-order valence-corrected chi connectivity index (χ1v) is 7.21. The first kappa shape index (κ1) is 15.4. The molecular formula is C14H17BrN4O2. The summed E-state index contributed by atoms with van der Waals surface area (Å²) in [4.78, 5) is 8.40. The van der Waals surface area contributed by atoms with Gasteiger partial charge in [-0.25, -0.2) is 9.97 Å². The van der Waals surface area contributed by atoms with Crippen LogP contribution in [0.1, 0.15) is 6.92 Å². The maximum Gasteiger partial charge on any atom is 0.204 e. The van der Waals surface area contributed by atoms with Crippen molar-refractivity contribution >= 4 is 33.3 Å². The third-order valence-electron chi connectivity index (χ3n) is 2.72. The summed E-state index contributed by atoms with van der Waals surface area (Å²) >= 11 is 3.45. The highest BCUT2D eigenvalue weighted by Crippen LogP contribution is 2.33. The zero-order valence-corrected chi connectivity index (χ0v) is 13.7. The second kappa shape index (κ2) is 7.12. The van der Waals surface area contributed by atoms with E-state index in [1.807, 2.05) is 25.1 Å². The molecule has 0 radical (unpaired) electrons. The van der Waals surface area contributed by atoms with E-state index in [0.717, 1.165) is 22.5 Å². The molecule has 2 rings (SSSR count). The summed E-state index contributed by atoms with van der Waals surface area (Å²) in [5.41, 5.74) is 0.834.